The molecular formula is C28H35P. The van der Waals surface area contributed by atoms with Crippen molar-refractivity contribution in [1.29, 1.82) is 0 Å². The molecule has 0 nitrogen and oxygen atoms in total. The summed E-state index contributed by atoms with van der Waals surface area (Å²) in [6.45, 7) is 4.81. The van der Waals surface area contributed by atoms with Crippen molar-refractivity contribution in [2.75, 3.05) is 6.16 Å². The number of rotatable bonds is 6. The summed E-state index contributed by atoms with van der Waals surface area (Å²) < 4.78 is 0. The van der Waals surface area contributed by atoms with Gasteiger partial charge in [0, 0.05) is 0 Å². The van der Waals surface area contributed by atoms with Crippen LogP contribution in [-0.4, -0.2) is 6.16 Å². The monoisotopic (exact) mass is 402 g/mol. The van der Waals surface area contributed by atoms with Crippen molar-refractivity contribution in [3.63, 3.8) is 0 Å². The van der Waals surface area contributed by atoms with Crippen molar-refractivity contribution in [2.45, 2.75) is 39.5 Å². The summed E-state index contributed by atoms with van der Waals surface area (Å²) in [6, 6.07) is 34.3. The van der Waals surface area contributed by atoms with Crippen LogP contribution < -0.4 is 15.9 Å². The molecule has 0 unspecified atom stereocenters. The van der Waals surface area contributed by atoms with Crippen LogP contribution in [0.4, 0.5) is 0 Å². The van der Waals surface area contributed by atoms with E-state index in [9.17, 15) is 0 Å². The Kier molecular flexibility index (Phi) is 6.51. The predicted octanol–water partition coefficient (Wildman–Crippen LogP) is 6.18. The Morgan fingerprint density at radius 1 is 0.621 bits per heavy atom. The molecule has 1 heteroatoms. The van der Waals surface area contributed by atoms with E-state index >= 15 is 0 Å². The van der Waals surface area contributed by atoms with Crippen LogP contribution in [0.25, 0.3) is 0 Å². The van der Waals surface area contributed by atoms with Crippen LogP contribution in [0, 0.1) is 17.8 Å². The van der Waals surface area contributed by atoms with Gasteiger partial charge in [-0.15, -0.1) is 0 Å². The molecule has 0 amide bonds. The molecule has 1 saturated carbocycles. The Balaban J connectivity index is 1.78. The van der Waals surface area contributed by atoms with Gasteiger partial charge in [-0.25, -0.2) is 0 Å². The second kappa shape index (κ2) is 9.27. The third-order valence-electron chi connectivity index (χ3n) is 7.23. The van der Waals surface area contributed by atoms with E-state index in [1.807, 2.05) is 0 Å². The topological polar surface area (TPSA) is 0 Å². The Hall–Kier alpha value is -1.91. The Bertz CT molecular complexity index is 765. The van der Waals surface area contributed by atoms with Crippen molar-refractivity contribution in [3.8, 4) is 0 Å². The van der Waals surface area contributed by atoms with Gasteiger partial charge in [-0.05, 0) is 0 Å². The SMILES string of the molecule is CC(C)C1CCC(C[PH](c2ccccc2)(c2ccccc2)c2ccccc2)CC1. The maximum absolute atomic E-state index is 2.40. The third kappa shape index (κ3) is 4.34. The average Bonchev–Trinajstić information content (AvgIpc) is 2.79. The molecule has 3 aromatic carbocycles. The molecule has 0 radical (unpaired) electrons. The predicted molar refractivity (Wildman–Crippen MR) is 132 cm³/mol. The minimum atomic E-state index is -2.06. The standard InChI is InChI=1S/C28H35P/c1-23(2)25-20-18-24(19-21-25)22-29(26-12-6-3-7-13-26,27-14-8-4-9-15-27)28-16-10-5-11-17-28/h3-17,23-25,29H,18-22H2,1-2H3. The van der Waals surface area contributed by atoms with Gasteiger partial charge in [0.25, 0.3) is 0 Å². The second-order valence-corrected chi connectivity index (χ2v) is 13.2. The van der Waals surface area contributed by atoms with E-state index in [-0.39, 0.29) is 0 Å². The van der Waals surface area contributed by atoms with Gasteiger partial charge in [-0.2, -0.15) is 0 Å². The molecule has 29 heavy (non-hydrogen) atoms. The fraction of sp³-hybridized carbons (Fsp3) is 0.357. The van der Waals surface area contributed by atoms with Crippen LogP contribution in [-0.2, 0) is 0 Å². The quantitative estimate of drug-likeness (QED) is 0.432. The molecule has 0 aliphatic heterocycles. The first-order valence-corrected chi connectivity index (χ1v) is 13.6. The maximum atomic E-state index is 2.40. The Labute approximate surface area is 177 Å². The van der Waals surface area contributed by atoms with Crippen LogP contribution in [0.15, 0.2) is 91.0 Å². The summed E-state index contributed by atoms with van der Waals surface area (Å²) >= 11 is 0. The zero-order valence-corrected chi connectivity index (χ0v) is 18.9. The molecule has 0 N–H and O–H groups in total. The van der Waals surface area contributed by atoms with Crippen LogP contribution in [0.5, 0.6) is 0 Å². The summed E-state index contributed by atoms with van der Waals surface area (Å²) in [5.41, 5.74) is 0. The van der Waals surface area contributed by atoms with Gasteiger partial charge in [0.05, 0.1) is 0 Å². The van der Waals surface area contributed by atoms with E-state index in [4.69, 9.17) is 0 Å². The van der Waals surface area contributed by atoms with Gasteiger partial charge in [-0.1, -0.05) is 0 Å². The zero-order valence-electron chi connectivity index (χ0n) is 17.9. The summed E-state index contributed by atoms with van der Waals surface area (Å²) in [5, 5.41) is 4.68. The molecule has 3 aromatic rings. The van der Waals surface area contributed by atoms with Gasteiger partial charge >= 0.3 is 178 Å². The van der Waals surface area contributed by atoms with Crippen LogP contribution in [0.2, 0.25) is 0 Å². The van der Waals surface area contributed by atoms with E-state index in [2.05, 4.69) is 105 Å². The van der Waals surface area contributed by atoms with E-state index < -0.39 is 7.26 Å². The van der Waals surface area contributed by atoms with Gasteiger partial charge in [0.15, 0.2) is 0 Å². The van der Waals surface area contributed by atoms with Crippen molar-refractivity contribution in [3.05, 3.63) is 91.0 Å². The van der Waals surface area contributed by atoms with Crippen LogP contribution >= 0.6 is 7.26 Å². The van der Waals surface area contributed by atoms with Gasteiger partial charge in [-0.3, -0.25) is 0 Å². The first kappa shape index (κ1) is 20.4. The second-order valence-electron chi connectivity index (χ2n) is 9.23. The molecule has 4 rings (SSSR count). The molecule has 0 spiro atoms. The first-order chi connectivity index (χ1) is 14.2. The van der Waals surface area contributed by atoms with E-state index in [1.54, 1.807) is 15.9 Å². The fourth-order valence-corrected chi connectivity index (χ4v) is 10.8. The van der Waals surface area contributed by atoms with E-state index in [0.717, 1.165) is 17.8 Å². The summed E-state index contributed by atoms with van der Waals surface area (Å²) in [4.78, 5) is 0. The fourth-order valence-electron chi connectivity index (χ4n) is 5.51. The van der Waals surface area contributed by atoms with E-state index in [1.165, 1.54) is 31.8 Å². The number of hydrogen-bond donors (Lipinski definition) is 0. The van der Waals surface area contributed by atoms with E-state index in [0.29, 0.717) is 0 Å². The van der Waals surface area contributed by atoms with Crippen molar-refractivity contribution in [2.24, 2.45) is 17.8 Å². The van der Waals surface area contributed by atoms with Gasteiger partial charge in [0.1, 0.15) is 0 Å². The average molecular weight is 403 g/mol. The Morgan fingerprint density at radius 3 is 1.34 bits per heavy atom. The molecule has 152 valence electrons. The summed E-state index contributed by atoms with van der Waals surface area (Å²) in [5.74, 6) is 2.58. The molecule has 1 fully saturated rings. The van der Waals surface area contributed by atoms with Crippen molar-refractivity contribution < 1.29 is 0 Å². The van der Waals surface area contributed by atoms with Crippen molar-refractivity contribution >= 4 is 23.2 Å². The van der Waals surface area contributed by atoms with Crippen molar-refractivity contribution in [1.82, 2.24) is 0 Å². The molecule has 1 aliphatic carbocycles. The molecular weight excluding hydrogens is 367 g/mol. The van der Waals surface area contributed by atoms with Gasteiger partial charge < -0.3 is 0 Å². The number of benzene rings is 3. The minimum absolute atomic E-state index is 0.829. The number of hydrogen-bond acceptors (Lipinski definition) is 0. The van der Waals surface area contributed by atoms with Crippen LogP contribution in [0.1, 0.15) is 39.5 Å². The molecule has 1 aliphatic rings. The third-order valence-corrected chi connectivity index (χ3v) is 12.4. The molecule has 0 aromatic heterocycles. The normalized spacial score (nSPS) is 20.5. The summed E-state index contributed by atoms with van der Waals surface area (Å²) in [6.07, 6.45) is 6.93. The Morgan fingerprint density at radius 2 is 1.00 bits per heavy atom. The summed E-state index contributed by atoms with van der Waals surface area (Å²) in [7, 11) is -2.06. The first-order valence-electron chi connectivity index (χ1n) is 11.4. The van der Waals surface area contributed by atoms with Gasteiger partial charge in [0.2, 0.25) is 0 Å². The zero-order chi connectivity index (χ0) is 20.1. The molecule has 0 atom stereocenters. The molecule has 0 heterocycles. The molecule has 0 saturated heterocycles. The van der Waals surface area contributed by atoms with Crippen LogP contribution in [0.3, 0.4) is 0 Å². The molecule has 0 bridgehead atoms.